The van der Waals surface area contributed by atoms with Crippen LogP contribution in [0.2, 0.25) is 0 Å². The highest BCUT2D eigenvalue weighted by molar-refractivity contribution is 5.76. The van der Waals surface area contributed by atoms with Crippen molar-refractivity contribution in [3.8, 4) is 11.5 Å². The average molecular weight is 329 g/mol. The van der Waals surface area contributed by atoms with Gasteiger partial charge in [0.25, 0.3) is 0 Å². The second kappa shape index (κ2) is 7.34. The summed E-state index contributed by atoms with van der Waals surface area (Å²) in [5, 5.41) is 2.93. The van der Waals surface area contributed by atoms with Crippen molar-refractivity contribution >= 4 is 5.91 Å². The van der Waals surface area contributed by atoms with Gasteiger partial charge in [-0.2, -0.15) is 0 Å². The summed E-state index contributed by atoms with van der Waals surface area (Å²) in [6.07, 6.45) is 0.627. The first-order chi connectivity index (χ1) is 11.6. The van der Waals surface area contributed by atoms with Gasteiger partial charge < -0.3 is 14.8 Å². The Labute approximate surface area is 140 Å². The lowest BCUT2D eigenvalue weighted by Gasteiger charge is -2.21. The third kappa shape index (κ3) is 3.85. The minimum absolute atomic E-state index is 0.111. The summed E-state index contributed by atoms with van der Waals surface area (Å²) < 4.78 is 24.6. The lowest BCUT2D eigenvalue weighted by atomic mass is 10.1. The number of benzene rings is 2. The van der Waals surface area contributed by atoms with E-state index in [1.54, 1.807) is 18.2 Å². The normalized spacial score (nSPS) is 14.1. The number of halogens is 1. The van der Waals surface area contributed by atoms with Crippen LogP contribution in [0.3, 0.4) is 0 Å². The minimum atomic E-state index is -0.273. The van der Waals surface area contributed by atoms with Crippen LogP contribution in [-0.2, 0) is 11.2 Å². The number of aryl methyl sites for hydroxylation is 1. The summed E-state index contributed by atoms with van der Waals surface area (Å²) in [7, 11) is 0. The number of hydrogen-bond donors (Lipinski definition) is 1. The molecule has 0 radical (unpaired) electrons. The third-order valence-electron chi connectivity index (χ3n) is 4.02. The van der Waals surface area contributed by atoms with Gasteiger partial charge in [-0.3, -0.25) is 4.79 Å². The molecule has 4 nitrogen and oxygen atoms in total. The fourth-order valence-electron chi connectivity index (χ4n) is 2.68. The predicted octanol–water partition coefficient (Wildman–Crippen LogP) is 3.41. The predicted molar refractivity (Wildman–Crippen MR) is 88.7 cm³/mol. The third-order valence-corrected chi connectivity index (χ3v) is 4.02. The second-order valence-electron chi connectivity index (χ2n) is 5.78. The molecule has 24 heavy (non-hydrogen) atoms. The van der Waals surface area contributed by atoms with Crippen molar-refractivity contribution in [1.82, 2.24) is 5.32 Å². The van der Waals surface area contributed by atoms with Crippen molar-refractivity contribution in [3.63, 3.8) is 0 Å². The second-order valence-corrected chi connectivity index (χ2v) is 5.78. The van der Waals surface area contributed by atoms with Crippen molar-refractivity contribution in [1.29, 1.82) is 0 Å². The molecule has 1 aliphatic rings. The van der Waals surface area contributed by atoms with E-state index in [-0.39, 0.29) is 24.2 Å². The molecule has 2 aromatic rings. The summed E-state index contributed by atoms with van der Waals surface area (Å²) in [6, 6.07) is 12.0. The number of hydrogen-bond acceptors (Lipinski definition) is 3. The quantitative estimate of drug-likeness (QED) is 0.914. The Balaban J connectivity index is 1.57. The number of fused-ring (bicyclic) bond motifs is 1. The molecule has 0 unspecified atom stereocenters. The van der Waals surface area contributed by atoms with Gasteiger partial charge >= 0.3 is 0 Å². The van der Waals surface area contributed by atoms with E-state index < -0.39 is 0 Å². The Morgan fingerprint density at radius 1 is 1.17 bits per heavy atom. The zero-order valence-electron chi connectivity index (χ0n) is 13.5. The van der Waals surface area contributed by atoms with E-state index in [9.17, 15) is 9.18 Å². The first-order valence-corrected chi connectivity index (χ1v) is 8.06. The van der Waals surface area contributed by atoms with Crippen LogP contribution in [0.5, 0.6) is 11.5 Å². The maximum Gasteiger partial charge on any atom is 0.220 e. The van der Waals surface area contributed by atoms with Crippen LogP contribution in [0.15, 0.2) is 42.5 Å². The van der Waals surface area contributed by atoms with Gasteiger partial charge in [-0.05, 0) is 42.7 Å². The lowest BCUT2D eigenvalue weighted by molar-refractivity contribution is -0.121. The molecule has 1 aliphatic heterocycles. The van der Waals surface area contributed by atoms with Gasteiger partial charge in [0.2, 0.25) is 5.91 Å². The van der Waals surface area contributed by atoms with E-state index in [1.807, 2.05) is 25.1 Å². The molecule has 0 spiro atoms. The largest absolute Gasteiger partial charge is 0.486 e. The lowest BCUT2D eigenvalue weighted by Crippen LogP contribution is -2.27. The van der Waals surface area contributed by atoms with Gasteiger partial charge in [0.05, 0.1) is 6.04 Å². The molecule has 1 heterocycles. The molecule has 126 valence electrons. The molecule has 1 N–H and O–H groups in total. The Hall–Kier alpha value is -2.56. The van der Waals surface area contributed by atoms with E-state index in [1.165, 1.54) is 6.07 Å². The summed E-state index contributed by atoms with van der Waals surface area (Å²) in [6.45, 7) is 2.99. The van der Waals surface area contributed by atoms with Gasteiger partial charge in [0.1, 0.15) is 19.0 Å². The zero-order valence-corrected chi connectivity index (χ0v) is 13.5. The highest BCUT2D eigenvalue weighted by atomic mass is 19.1. The molecule has 0 aromatic heterocycles. The highest BCUT2D eigenvalue weighted by Gasteiger charge is 2.16. The maximum absolute atomic E-state index is 13.6. The average Bonchev–Trinajstić information content (AvgIpc) is 2.60. The molecule has 5 heteroatoms. The number of amides is 1. The van der Waals surface area contributed by atoms with E-state index in [2.05, 4.69) is 5.32 Å². The van der Waals surface area contributed by atoms with Gasteiger partial charge in [0, 0.05) is 6.42 Å². The SMILES string of the molecule is C[C@H](NC(=O)CCc1ccccc1F)c1ccc2c(c1)OCCO2. The molecule has 2 aromatic carbocycles. The van der Waals surface area contributed by atoms with Crippen LogP contribution < -0.4 is 14.8 Å². The molecule has 0 aliphatic carbocycles. The van der Waals surface area contributed by atoms with E-state index in [4.69, 9.17) is 9.47 Å². The van der Waals surface area contributed by atoms with Crippen LogP contribution in [0, 0.1) is 5.82 Å². The Bertz CT molecular complexity index is 732. The molecule has 3 rings (SSSR count). The van der Waals surface area contributed by atoms with Gasteiger partial charge in [-0.1, -0.05) is 24.3 Å². The van der Waals surface area contributed by atoms with Crippen LogP contribution in [0.25, 0.3) is 0 Å². The Kier molecular flexibility index (Phi) is 4.99. The molecule has 1 atom stereocenters. The van der Waals surface area contributed by atoms with Crippen molar-refractivity contribution < 1.29 is 18.7 Å². The first-order valence-electron chi connectivity index (χ1n) is 8.06. The first kappa shape index (κ1) is 16.3. The molecule has 1 amide bonds. The molecule has 0 saturated heterocycles. The van der Waals surface area contributed by atoms with Gasteiger partial charge in [-0.15, -0.1) is 0 Å². The van der Waals surface area contributed by atoms with Crippen molar-refractivity contribution in [2.45, 2.75) is 25.8 Å². The molecular formula is C19H20FNO3. The molecular weight excluding hydrogens is 309 g/mol. The van der Waals surface area contributed by atoms with Crippen LogP contribution in [0.1, 0.15) is 30.5 Å². The van der Waals surface area contributed by atoms with Crippen molar-refractivity contribution in [3.05, 3.63) is 59.4 Å². The number of nitrogens with one attached hydrogen (secondary N) is 1. The maximum atomic E-state index is 13.6. The Morgan fingerprint density at radius 2 is 1.92 bits per heavy atom. The van der Waals surface area contributed by atoms with E-state index in [0.29, 0.717) is 30.9 Å². The zero-order chi connectivity index (χ0) is 16.9. The monoisotopic (exact) mass is 329 g/mol. The minimum Gasteiger partial charge on any atom is -0.486 e. The number of carbonyl (C=O) groups is 1. The Morgan fingerprint density at radius 3 is 2.71 bits per heavy atom. The number of rotatable bonds is 5. The molecule has 0 bridgehead atoms. The number of carbonyl (C=O) groups excluding carboxylic acids is 1. The van der Waals surface area contributed by atoms with Gasteiger partial charge in [-0.25, -0.2) is 4.39 Å². The van der Waals surface area contributed by atoms with Crippen molar-refractivity contribution in [2.24, 2.45) is 0 Å². The number of ether oxygens (including phenoxy) is 2. The van der Waals surface area contributed by atoms with Crippen LogP contribution in [0.4, 0.5) is 4.39 Å². The van der Waals surface area contributed by atoms with E-state index >= 15 is 0 Å². The summed E-state index contributed by atoms with van der Waals surface area (Å²) >= 11 is 0. The molecule has 0 fully saturated rings. The topological polar surface area (TPSA) is 47.6 Å². The molecule has 0 saturated carbocycles. The summed E-state index contributed by atoms with van der Waals surface area (Å²) in [5.41, 5.74) is 1.50. The van der Waals surface area contributed by atoms with E-state index in [0.717, 1.165) is 11.3 Å². The van der Waals surface area contributed by atoms with Crippen LogP contribution in [-0.4, -0.2) is 19.1 Å². The summed E-state index contributed by atoms with van der Waals surface area (Å²) in [5.74, 6) is 1.04. The fourth-order valence-corrected chi connectivity index (χ4v) is 2.68. The smallest absolute Gasteiger partial charge is 0.220 e. The van der Waals surface area contributed by atoms with Crippen molar-refractivity contribution in [2.75, 3.05) is 13.2 Å². The summed E-state index contributed by atoms with van der Waals surface area (Å²) in [4.78, 5) is 12.1. The van der Waals surface area contributed by atoms with Crippen LogP contribution >= 0.6 is 0 Å². The fraction of sp³-hybridized carbons (Fsp3) is 0.316. The van der Waals surface area contributed by atoms with Gasteiger partial charge in [0.15, 0.2) is 11.5 Å². The highest BCUT2D eigenvalue weighted by Crippen LogP contribution is 2.32. The standard InChI is InChI=1S/C19H20FNO3/c1-13(15-6-8-17-18(12-15)24-11-10-23-17)21-19(22)9-7-14-4-2-3-5-16(14)20/h2-6,8,12-13H,7,9-11H2,1H3,(H,21,22)/t13-/m0/s1.